The second-order valence-corrected chi connectivity index (χ2v) is 5.14. The number of benzene rings is 1. The summed E-state index contributed by atoms with van der Waals surface area (Å²) < 4.78 is 5.40. The molecule has 1 saturated heterocycles. The number of ether oxygens (including phenoxy) is 1. The zero-order valence-corrected chi connectivity index (χ0v) is 11.6. The second-order valence-electron chi connectivity index (χ2n) is 4.78. The maximum Gasteiger partial charge on any atom is 0.159 e. The summed E-state index contributed by atoms with van der Waals surface area (Å²) in [5.41, 5.74) is 0. The van der Waals surface area contributed by atoms with Crippen molar-refractivity contribution in [3.05, 3.63) is 29.4 Å². The molecule has 1 aliphatic rings. The predicted molar refractivity (Wildman–Crippen MR) is 76.8 cm³/mol. The zero-order valence-electron chi connectivity index (χ0n) is 10.8. The summed E-state index contributed by atoms with van der Waals surface area (Å²) in [7, 11) is 1.78. The van der Waals surface area contributed by atoms with Crippen LogP contribution in [0.2, 0.25) is 5.15 Å². The van der Waals surface area contributed by atoms with Gasteiger partial charge in [0.15, 0.2) is 11.0 Å². The largest absolute Gasteiger partial charge is 0.381 e. The van der Waals surface area contributed by atoms with E-state index in [4.69, 9.17) is 16.3 Å². The first kappa shape index (κ1) is 12.6. The summed E-state index contributed by atoms with van der Waals surface area (Å²) in [6.07, 6.45) is 2.41. The molecule has 1 aliphatic heterocycles. The van der Waals surface area contributed by atoms with Gasteiger partial charge in [-0.15, -0.1) is 10.2 Å². The third-order valence-corrected chi connectivity index (χ3v) is 3.98. The van der Waals surface area contributed by atoms with E-state index in [1.165, 1.54) is 0 Å². The normalized spacial score (nSPS) is 17.1. The van der Waals surface area contributed by atoms with E-state index in [9.17, 15) is 0 Å². The molecule has 0 spiro atoms. The van der Waals surface area contributed by atoms with Crippen LogP contribution in [-0.2, 0) is 4.74 Å². The molecule has 1 aromatic carbocycles. The number of aromatic nitrogens is 2. The van der Waals surface area contributed by atoms with Crippen LogP contribution in [0.25, 0.3) is 10.8 Å². The van der Waals surface area contributed by atoms with Gasteiger partial charge in [0.1, 0.15) is 0 Å². The molecule has 2 aromatic rings. The molecule has 0 unspecified atom stereocenters. The lowest BCUT2D eigenvalue weighted by Gasteiger charge is -2.32. The summed E-state index contributed by atoms with van der Waals surface area (Å²) in [6.45, 7) is 1.89. The van der Waals surface area contributed by atoms with Crippen molar-refractivity contribution in [2.24, 2.45) is 0 Å². The molecule has 0 atom stereocenters. The Kier molecular flexibility index (Phi) is 3.53. The van der Waals surface area contributed by atoms with Crippen LogP contribution in [-0.4, -0.2) is 36.5 Å². The van der Waals surface area contributed by atoms with Crippen LogP contribution >= 0.6 is 11.6 Å². The molecule has 100 valence electrons. The molecule has 0 bridgehead atoms. The Labute approximate surface area is 117 Å². The minimum Gasteiger partial charge on any atom is -0.381 e. The first-order valence-corrected chi connectivity index (χ1v) is 6.86. The number of halogens is 1. The Balaban J connectivity index is 1.95. The third kappa shape index (κ3) is 2.38. The lowest BCUT2D eigenvalue weighted by molar-refractivity contribution is 0.0818. The standard InChI is InChI=1S/C14H16ClN3O/c1-19-10-6-8-18(9-7-10)14-12-5-3-2-4-11(12)13(15)16-17-14/h2-5,10H,6-9H2,1H3. The molecule has 2 heterocycles. The van der Waals surface area contributed by atoms with E-state index in [0.717, 1.165) is 42.5 Å². The minimum absolute atomic E-state index is 0.364. The van der Waals surface area contributed by atoms with Crippen molar-refractivity contribution in [1.82, 2.24) is 10.2 Å². The molecule has 0 saturated carbocycles. The number of nitrogens with zero attached hydrogens (tertiary/aromatic N) is 3. The van der Waals surface area contributed by atoms with Gasteiger partial charge in [-0.25, -0.2) is 0 Å². The Hall–Kier alpha value is -1.39. The van der Waals surface area contributed by atoms with E-state index in [1.54, 1.807) is 7.11 Å². The van der Waals surface area contributed by atoms with Gasteiger partial charge in [-0.3, -0.25) is 0 Å². The quantitative estimate of drug-likeness (QED) is 0.846. The van der Waals surface area contributed by atoms with E-state index in [2.05, 4.69) is 15.1 Å². The fraction of sp³-hybridized carbons (Fsp3) is 0.429. The van der Waals surface area contributed by atoms with Crippen LogP contribution < -0.4 is 4.90 Å². The molecule has 5 heteroatoms. The van der Waals surface area contributed by atoms with Gasteiger partial charge in [0.25, 0.3) is 0 Å². The zero-order chi connectivity index (χ0) is 13.2. The van der Waals surface area contributed by atoms with Crippen molar-refractivity contribution in [3.8, 4) is 0 Å². The predicted octanol–water partition coefficient (Wildman–Crippen LogP) is 2.90. The van der Waals surface area contributed by atoms with E-state index in [1.807, 2.05) is 24.3 Å². The van der Waals surface area contributed by atoms with Crippen LogP contribution in [0.4, 0.5) is 5.82 Å². The summed E-state index contributed by atoms with van der Waals surface area (Å²) in [5, 5.41) is 10.8. The van der Waals surface area contributed by atoms with Crippen LogP contribution in [0.5, 0.6) is 0 Å². The Bertz CT molecular complexity index is 582. The molecule has 0 radical (unpaired) electrons. The van der Waals surface area contributed by atoms with Crippen LogP contribution in [0, 0.1) is 0 Å². The topological polar surface area (TPSA) is 38.2 Å². The molecule has 4 nitrogen and oxygen atoms in total. The highest BCUT2D eigenvalue weighted by molar-refractivity contribution is 6.34. The number of anilines is 1. The molecular weight excluding hydrogens is 262 g/mol. The molecule has 3 rings (SSSR count). The first-order chi connectivity index (χ1) is 9.29. The average molecular weight is 278 g/mol. The summed E-state index contributed by atoms with van der Waals surface area (Å²) in [4.78, 5) is 2.27. The van der Waals surface area contributed by atoms with Gasteiger partial charge in [-0.2, -0.15) is 0 Å². The first-order valence-electron chi connectivity index (χ1n) is 6.48. The van der Waals surface area contributed by atoms with Crippen molar-refractivity contribution in [2.75, 3.05) is 25.1 Å². The van der Waals surface area contributed by atoms with Crippen molar-refractivity contribution in [1.29, 1.82) is 0 Å². The SMILES string of the molecule is COC1CCN(c2nnc(Cl)c3ccccc23)CC1. The maximum atomic E-state index is 6.10. The summed E-state index contributed by atoms with van der Waals surface area (Å²) >= 11 is 6.10. The number of rotatable bonds is 2. The van der Waals surface area contributed by atoms with E-state index < -0.39 is 0 Å². The number of hydrogen-bond acceptors (Lipinski definition) is 4. The van der Waals surface area contributed by atoms with Gasteiger partial charge >= 0.3 is 0 Å². The molecule has 1 fully saturated rings. The van der Waals surface area contributed by atoms with Crippen molar-refractivity contribution in [3.63, 3.8) is 0 Å². The van der Waals surface area contributed by atoms with Crippen LogP contribution in [0.15, 0.2) is 24.3 Å². The van der Waals surface area contributed by atoms with E-state index in [0.29, 0.717) is 11.3 Å². The highest BCUT2D eigenvalue weighted by Crippen LogP contribution is 2.29. The van der Waals surface area contributed by atoms with Gasteiger partial charge in [-0.05, 0) is 12.8 Å². The fourth-order valence-corrected chi connectivity index (χ4v) is 2.80. The Morgan fingerprint density at radius 1 is 1.16 bits per heavy atom. The summed E-state index contributed by atoms with van der Waals surface area (Å²) in [6, 6.07) is 8.01. The lowest BCUT2D eigenvalue weighted by Crippen LogP contribution is -2.37. The molecule has 0 aliphatic carbocycles. The smallest absolute Gasteiger partial charge is 0.159 e. The van der Waals surface area contributed by atoms with Gasteiger partial charge in [-0.1, -0.05) is 35.9 Å². The lowest BCUT2D eigenvalue weighted by atomic mass is 10.1. The minimum atomic E-state index is 0.364. The van der Waals surface area contributed by atoms with Gasteiger partial charge in [0.2, 0.25) is 0 Å². The van der Waals surface area contributed by atoms with Crippen molar-refractivity contribution < 1.29 is 4.74 Å². The molecule has 1 aromatic heterocycles. The highest BCUT2D eigenvalue weighted by atomic mass is 35.5. The third-order valence-electron chi connectivity index (χ3n) is 3.70. The number of piperidine rings is 1. The maximum absolute atomic E-state index is 6.10. The van der Waals surface area contributed by atoms with E-state index in [-0.39, 0.29) is 0 Å². The molecule has 0 amide bonds. The van der Waals surface area contributed by atoms with Crippen molar-refractivity contribution in [2.45, 2.75) is 18.9 Å². The average Bonchev–Trinajstić information content (AvgIpc) is 2.48. The molecule has 19 heavy (non-hydrogen) atoms. The molecular formula is C14H16ClN3O. The van der Waals surface area contributed by atoms with E-state index >= 15 is 0 Å². The Morgan fingerprint density at radius 2 is 1.84 bits per heavy atom. The number of methoxy groups -OCH3 is 1. The Morgan fingerprint density at radius 3 is 2.53 bits per heavy atom. The van der Waals surface area contributed by atoms with Gasteiger partial charge < -0.3 is 9.64 Å². The second kappa shape index (κ2) is 5.31. The van der Waals surface area contributed by atoms with Crippen molar-refractivity contribution >= 4 is 28.2 Å². The number of fused-ring (bicyclic) bond motifs is 1. The van der Waals surface area contributed by atoms with Crippen LogP contribution in [0.1, 0.15) is 12.8 Å². The van der Waals surface area contributed by atoms with Crippen LogP contribution in [0.3, 0.4) is 0 Å². The fourth-order valence-electron chi connectivity index (χ4n) is 2.59. The monoisotopic (exact) mass is 277 g/mol. The number of hydrogen-bond donors (Lipinski definition) is 0. The highest BCUT2D eigenvalue weighted by Gasteiger charge is 2.21. The summed E-state index contributed by atoms with van der Waals surface area (Å²) in [5.74, 6) is 0.926. The molecule has 0 N–H and O–H groups in total. The van der Waals surface area contributed by atoms with Gasteiger partial charge in [0, 0.05) is 31.0 Å². The van der Waals surface area contributed by atoms with Gasteiger partial charge in [0.05, 0.1) is 6.10 Å².